The Morgan fingerprint density at radius 1 is 1.12 bits per heavy atom. The van der Waals surface area contributed by atoms with E-state index in [1.165, 1.54) is 13.8 Å². The summed E-state index contributed by atoms with van der Waals surface area (Å²) in [6.45, 7) is 8.03. The number of aliphatic hydroxyl groups is 3. The first kappa shape index (κ1) is 26.3. The van der Waals surface area contributed by atoms with Gasteiger partial charge in [-0.15, -0.1) is 0 Å². The summed E-state index contributed by atoms with van der Waals surface area (Å²) in [5, 5.41) is 33.6. The maximum atomic E-state index is 13.2. The van der Waals surface area contributed by atoms with E-state index in [0.29, 0.717) is 6.42 Å². The van der Waals surface area contributed by atoms with Crippen LogP contribution < -0.4 is 0 Å². The molecule has 8 atom stereocenters. The van der Waals surface area contributed by atoms with Gasteiger partial charge in [0.1, 0.15) is 23.4 Å². The first-order valence-corrected chi connectivity index (χ1v) is 11.2. The minimum Gasteiger partial charge on any atom is -0.459 e. The molecule has 34 heavy (non-hydrogen) atoms. The second-order valence-corrected chi connectivity index (χ2v) is 9.63. The Balaban J connectivity index is 2.28. The normalized spacial score (nSPS) is 41.4. The maximum absolute atomic E-state index is 13.2. The molecule has 11 nitrogen and oxygen atoms in total. The van der Waals surface area contributed by atoms with Crippen molar-refractivity contribution in [1.82, 2.24) is 0 Å². The minimum atomic E-state index is -2.44. The molecule has 3 N–H and O–H groups in total. The first-order chi connectivity index (χ1) is 15.6. The van der Waals surface area contributed by atoms with Crippen LogP contribution in [0.5, 0.6) is 0 Å². The van der Waals surface area contributed by atoms with Crippen LogP contribution in [-0.4, -0.2) is 80.4 Å². The number of ketones is 1. The van der Waals surface area contributed by atoms with E-state index < -0.39 is 71.0 Å². The van der Waals surface area contributed by atoms with Gasteiger partial charge < -0.3 is 34.3 Å². The van der Waals surface area contributed by atoms with Crippen LogP contribution in [-0.2, 0) is 38.1 Å². The molecule has 1 heterocycles. The number of carbonyl (C=O) groups excluding carboxylic acids is 4. The molecule has 2 fully saturated rings. The standard InChI is InChI=1S/C23H32O11/c1-7-8-14(26)32-13-9-21(5,34-12(4)25)16-15(10(2)17(27)18(16)31-11(3)24)19-23(13,30)22(6,29)20(28)33-19/h13,16,18-20,28-30H,7-9H2,1-6H3/t13-,16+,18-,19-,20?,21-,22+,23+/m0/s1. The summed E-state index contributed by atoms with van der Waals surface area (Å²) in [6, 6.07) is 0. The molecule has 1 aliphatic heterocycles. The zero-order valence-electron chi connectivity index (χ0n) is 20.1. The largest absolute Gasteiger partial charge is 0.459 e. The Morgan fingerprint density at radius 3 is 2.26 bits per heavy atom. The highest BCUT2D eigenvalue weighted by Gasteiger charge is 2.74. The topological polar surface area (TPSA) is 166 Å². The van der Waals surface area contributed by atoms with E-state index in [1.807, 2.05) is 0 Å². The Hall–Kier alpha value is -2.34. The van der Waals surface area contributed by atoms with E-state index in [2.05, 4.69) is 0 Å². The summed E-state index contributed by atoms with van der Waals surface area (Å²) < 4.78 is 22.1. The summed E-state index contributed by atoms with van der Waals surface area (Å²) in [5.41, 5.74) is -6.27. The molecule has 0 amide bonds. The highest BCUT2D eigenvalue weighted by atomic mass is 16.7. The summed E-state index contributed by atoms with van der Waals surface area (Å²) >= 11 is 0. The third-order valence-electron chi connectivity index (χ3n) is 7.07. The number of aliphatic hydroxyl groups excluding tert-OH is 1. The smallest absolute Gasteiger partial charge is 0.306 e. The van der Waals surface area contributed by atoms with Crippen LogP contribution >= 0.6 is 0 Å². The maximum Gasteiger partial charge on any atom is 0.306 e. The van der Waals surface area contributed by atoms with Crippen molar-refractivity contribution in [1.29, 1.82) is 0 Å². The molecule has 0 spiro atoms. The van der Waals surface area contributed by atoms with Crippen LogP contribution in [0.4, 0.5) is 0 Å². The fourth-order valence-corrected chi connectivity index (χ4v) is 5.48. The Labute approximate surface area is 197 Å². The van der Waals surface area contributed by atoms with Gasteiger partial charge in [0, 0.05) is 26.7 Å². The number of carbonyl (C=O) groups is 4. The molecule has 2 aliphatic carbocycles. The molecular formula is C23H32O11. The van der Waals surface area contributed by atoms with E-state index in [-0.39, 0.29) is 24.0 Å². The minimum absolute atomic E-state index is 0.00674. The molecule has 0 aromatic heterocycles. The molecule has 0 bridgehead atoms. The fraction of sp³-hybridized carbons (Fsp3) is 0.739. The fourth-order valence-electron chi connectivity index (χ4n) is 5.48. The van der Waals surface area contributed by atoms with Crippen molar-refractivity contribution in [3.8, 4) is 0 Å². The molecule has 190 valence electrons. The molecule has 0 aromatic carbocycles. The van der Waals surface area contributed by atoms with Crippen molar-refractivity contribution in [3.63, 3.8) is 0 Å². The predicted octanol–water partition coefficient (Wildman–Crippen LogP) is 0.0702. The van der Waals surface area contributed by atoms with E-state index in [1.54, 1.807) is 6.92 Å². The molecule has 1 saturated carbocycles. The first-order valence-electron chi connectivity index (χ1n) is 11.2. The summed E-state index contributed by atoms with van der Waals surface area (Å²) in [6.07, 6.45) is -6.31. The molecule has 0 aromatic rings. The highest BCUT2D eigenvalue weighted by molar-refractivity contribution is 6.04. The summed E-state index contributed by atoms with van der Waals surface area (Å²) in [5.74, 6) is -3.91. The molecule has 0 radical (unpaired) electrons. The van der Waals surface area contributed by atoms with Gasteiger partial charge in [-0.25, -0.2) is 0 Å². The molecular weight excluding hydrogens is 452 g/mol. The third kappa shape index (κ3) is 3.84. The zero-order chi connectivity index (χ0) is 25.8. The number of fused-ring (bicyclic) bond motifs is 3. The SMILES string of the molecule is CCCC(=O)O[C@H]1C[C@](C)(OC(C)=O)[C@@H]2C(=C(C)C(=O)[C@H]2OC(C)=O)[C@@H]2OC(O)[C@@](C)(O)[C@@]12O. The summed E-state index contributed by atoms with van der Waals surface area (Å²) in [4.78, 5) is 49.6. The number of Topliss-reactive ketones (excluding diaryl/α,β-unsaturated/α-hetero) is 1. The molecule has 3 aliphatic rings. The Bertz CT molecular complexity index is 937. The van der Waals surface area contributed by atoms with Gasteiger partial charge in [-0.2, -0.15) is 0 Å². The molecule has 1 unspecified atom stereocenters. The van der Waals surface area contributed by atoms with Crippen molar-refractivity contribution in [2.75, 3.05) is 0 Å². The highest BCUT2D eigenvalue weighted by Crippen LogP contribution is 2.57. The molecule has 11 heteroatoms. The van der Waals surface area contributed by atoms with Crippen LogP contribution in [0.15, 0.2) is 11.1 Å². The van der Waals surface area contributed by atoms with Crippen LogP contribution in [0, 0.1) is 5.92 Å². The van der Waals surface area contributed by atoms with E-state index in [9.17, 15) is 34.5 Å². The van der Waals surface area contributed by atoms with Crippen molar-refractivity contribution in [3.05, 3.63) is 11.1 Å². The average molecular weight is 484 g/mol. The number of hydrogen-bond donors (Lipinski definition) is 3. The van der Waals surface area contributed by atoms with Gasteiger partial charge in [-0.05, 0) is 38.3 Å². The molecule has 3 rings (SSSR count). The number of rotatable bonds is 5. The second kappa shape index (κ2) is 8.71. The third-order valence-corrected chi connectivity index (χ3v) is 7.07. The lowest BCUT2D eigenvalue weighted by Crippen LogP contribution is -2.65. The van der Waals surface area contributed by atoms with E-state index in [0.717, 1.165) is 20.8 Å². The van der Waals surface area contributed by atoms with Gasteiger partial charge in [0.15, 0.2) is 23.8 Å². The van der Waals surface area contributed by atoms with Gasteiger partial charge in [0.05, 0.1) is 5.92 Å². The lowest BCUT2D eigenvalue weighted by atomic mass is 9.75. The average Bonchev–Trinajstić information content (AvgIpc) is 3.01. The quantitative estimate of drug-likeness (QED) is 0.357. The van der Waals surface area contributed by atoms with Crippen molar-refractivity contribution >= 4 is 23.7 Å². The monoisotopic (exact) mass is 484 g/mol. The number of hydrogen-bond acceptors (Lipinski definition) is 11. The lowest BCUT2D eigenvalue weighted by Gasteiger charge is -2.43. The van der Waals surface area contributed by atoms with E-state index in [4.69, 9.17) is 18.9 Å². The van der Waals surface area contributed by atoms with Gasteiger partial charge in [0.2, 0.25) is 0 Å². The van der Waals surface area contributed by atoms with Crippen molar-refractivity contribution < 1.29 is 53.4 Å². The number of esters is 3. The Kier molecular flexibility index (Phi) is 6.73. The van der Waals surface area contributed by atoms with Crippen LogP contribution in [0.2, 0.25) is 0 Å². The van der Waals surface area contributed by atoms with Gasteiger partial charge in [0.25, 0.3) is 0 Å². The van der Waals surface area contributed by atoms with Crippen LogP contribution in [0.1, 0.15) is 60.8 Å². The molecule has 1 saturated heterocycles. The number of ether oxygens (including phenoxy) is 4. The zero-order valence-corrected chi connectivity index (χ0v) is 20.1. The Morgan fingerprint density at radius 2 is 1.74 bits per heavy atom. The van der Waals surface area contributed by atoms with Crippen molar-refractivity contribution in [2.24, 2.45) is 5.92 Å². The summed E-state index contributed by atoms with van der Waals surface area (Å²) in [7, 11) is 0. The van der Waals surface area contributed by atoms with Crippen LogP contribution in [0.3, 0.4) is 0 Å². The van der Waals surface area contributed by atoms with Gasteiger partial charge in [-0.3, -0.25) is 19.2 Å². The van der Waals surface area contributed by atoms with Gasteiger partial charge >= 0.3 is 17.9 Å². The van der Waals surface area contributed by atoms with E-state index >= 15 is 0 Å². The predicted molar refractivity (Wildman–Crippen MR) is 113 cm³/mol. The van der Waals surface area contributed by atoms with Crippen molar-refractivity contribution in [2.45, 2.75) is 102 Å². The van der Waals surface area contributed by atoms with Crippen LogP contribution in [0.25, 0.3) is 0 Å². The van der Waals surface area contributed by atoms with Gasteiger partial charge in [-0.1, -0.05) is 6.92 Å². The second-order valence-electron chi connectivity index (χ2n) is 9.63. The lowest BCUT2D eigenvalue weighted by molar-refractivity contribution is -0.227.